The van der Waals surface area contributed by atoms with Crippen LogP contribution in [-0.2, 0) is 16.2 Å². The molecule has 4 aromatic rings. The number of thioether (sulfide) groups is 1. The number of hydrogen-bond donors (Lipinski definition) is 1. The number of thiazole rings is 1. The number of benzene rings is 3. The van der Waals surface area contributed by atoms with Gasteiger partial charge in [0.1, 0.15) is 12.4 Å². The lowest BCUT2D eigenvalue weighted by atomic mass is 9.68. The summed E-state index contributed by atoms with van der Waals surface area (Å²) in [6.45, 7) is 2.44. The number of carbonyl (C=O) groups excluding carboxylic acids is 2. The molecule has 2 aliphatic carbocycles. The van der Waals surface area contributed by atoms with Crippen molar-refractivity contribution in [1.82, 2.24) is 4.98 Å². The van der Waals surface area contributed by atoms with Gasteiger partial charge in [0.15, 0.2) is 0 Å². The zero-order valence-corrected chi connectivity index (χ0v) is 26.1. The minimum absolute atomic E-state index is 0.0137. The summed E-state index contributed by atoms with van der Waals surface area (Å²) in [6.07, 6.45) is 0.805. The van der Waals surface area contributed by atoms with Crippen molar-refractivity contribution in [2.24, 2.45) is 29.6 Å². The number of halogens is 2. The van der Waals surface area contributed by atoms with Crippen LogP contribution in [0.15, 0.2) is 76.6 Å². The van der Waals surface area contributed by atoms with Gasteiger partial charge in [-0.3, -0.25) is 19.3 Å². The predicted molar refractivity (Wildman–Crippen MR) is 169 cm³/mol. The number of ether oxygens (including phenoxy) is 1. The van der Waals surface area contributed by atoms with Crippen LogP contribution in [0.25, 0.3) is 0 Å². The second-order valence-electron chi connectivity index (χ2n) is 11.9. The van der Waals surface area contributed by atoms with E-state index in [1.165, 1.54) is 16.2 Å². The standard InChI is InChI=1S/C33H26Cl2N2O4S2/c1-15-3-2-4-16(11-15)14-41-23-10-7-18(35)12-20(23)24-25-21-13-22(28(25)42-30-29(24)43-33(40)36-30)27-26(21)31(38)37(32(27)39)19-8-5-17(34)6-9-19/h2-12,21-22,24-28H,13-14H2,1H3,(H,36,40)/t21-,22-,24+,25+,26+,27+,28-/m1/s1. The van der Waals surface area contributed by atoms with E-state index in [-0.39, 0.29) is 51.5 Å². The summed E-state index contributed by atoms with van der Waals surface area (Å²) in [6, 6.07) is 20.8. The molecule has 7 atom stereocenters. The molecule has 6 nitrogen and oxygen atoms in total. The molecule has 8 rings (SSSR count). The molecule has 1 saturated heterocycles. The Balaban J connectivity index is 1.20. The molecule has 10 heteroatoms. The lowest BCUT2D eigenvalue weighted by molar-refractivity contribution is -0.123. The van der Waals surface area contributed by atoms with Crippen LogP contribution in [0, 0.1) is 36.5 Å². The van der Waals surface area contributed by atoms with Gasteiger partial charge < -0.3 is 9.72 Å². The van der Waals surface area contributed by atoms with E-state index in [2.05, 4.69) is 24.0 Å². The van der Waals surface area contributed by atoms with Gasteiger partial charge in [-0.05, 0) is 79.1 Å². The van der Waals surface area contributed by atoms with Crippen molar-refractivity contribution in [3.8, 4) is 5.75 Å². The van der Waals surface area contributed by atoms with Crippen molar-refractivity contribution in [3.05, 3.63) is 108 Å². The number of aromatic nitrogens is 1. The normalized spacial score (nSPS) is 28.6. The maximum Gasteiger partial charge on any atom is 0.305 e. The first-order chi connectivity index (χ1) is 20.8. The molecule has 0 unspecified atom stereocenters. The summed E-state index contributed by atoms with van der Waals surface area (Å²) in [5.41, 5.74) is 3.70. The summed E-state index contributed by atoms with van der Waals surface area (Å²) < 4.78 is 6.46. The highest BCUT2D eigenvalue weighted by molar-refractivity contribution is 8.00. The molecule has 2 amide bonds. The number of H-pyrrole nitrogens is 1. The van der Waals surface area contributed by atoms with Gasteiger partial charge in [-0.15, -0.1) is 11.8 Å². The van der Waals surface area contributed by atoms with E-state index >= 15 is 0 Å². The highest BCUT2D eigenvalue weighted by atomic mass is 35.5. The summed E-state index contributed by atoms with van der Waals surface area (Å²) >= 11 is 15.6. The summed E-state index contributed by atoms with van der Waals surface area (Å²) in [7, 11) is 0. The molecule has 1 N–H and O–H groups in total. The number of rotatable bonds is 5. The average molecular weight is 650 g/mol. The van der Waals surface area contributed by atoms with E-state index in [4.69, 9.17) is 27.9 Å². The average Bonchev–Trinajstić information content (AvgIpc) is 3.72. The fraction of sp³-hybridized carbons (Fsp3) is 0.303. The number of nitrogens with one attached hydrogen (secondary N) is 1. The predicted octanol–water partition coefficient (Wildman–Crippen LogP) is 7.31. The number of aromatic amines is 1. The van der Waals surface area contributed by atoms with Gasteiger partial charge in [0.05, 0.1) is 22.5 Å². The number of imide groups is 1. The molecule has 43 heavy (non-hydrogen) atoms. The molecule has 0 spiro atoms. The first-order valence-corrected chi connectivity index (χ1v) is 16.7. The Hall–Kier alpha value is -3.04. The summed E-state index contributed by atoms with van der Waals surface area (Å²) in [4.78, 5) is 45.9. The Morgan fingerprint density at radius 1 is 0.930 bits per heavy atom. The van der Waals surface area contributed by atoms with Crippen LogP contribution in [0.5, 0.6) is 5.75 Å². The van der Waals surface area contributed by atoms with E-state index in [1.807, 2.05) is 30.3 Å². The van der Waals surface area contributed by atoms with Crippen LogP contribution >= 0.6 is 46.3 Å². The first kappa shape index (κ1) is 27.5. The van der Waals surface area contributed by atoms with Crippen LogP contribution in [-0.4, -0.2) is 22.0 Å². The number of aryl methyl sites for hydroxylation is 1. The second-order valence-corrected chi connectivity index (χ2v) is 15.0. The molecule has 3 aromatic carbocycles. The third kappa shape index (κ3) is 4.32. The van der Waals surface area contributed by atoms with E-state index < -0.39 is 5.92 Å². The highest BCUT2D eigenvalue weighted by Gasteiger charge is 2.69. The van der Waals surface area contributed by atoms with Crippen LogP contribution in [0.1, 0.15) is 33.9 Å². The summed E-state index contributed by atoms with van der Waals surface area (Å²) in [5, 5.41) is 2.05. The minimum Gasteiger partial charge on any atom is -0.489 e. The molecule has 1 aromatic heterocycles. The quantitative estimate of drug-likeness (QED) is 0.230. The molecular formula is C33H26Cl2N2O4S2. The number of fused-ring (bicyclic) bond motifs is 9. The van der Waals surface area contributed by atoms with Crippen LogP contribution in [0.4, 0.5) is 5.69 Å². The first-order valence-electron chi connectivity index (χ1n) is 14.3. The van der Waals surface area contributed by atoms with Crippen molar-refractivity contribution in [2.45, 2.75) is 36.1 Å². The van der Waals surface area contributed by atoms with Crippen LogP contribution in [0.2, 0.25) is 10.0 Å². The Kier molecular flexibility index (Phi) is 6.56. The van der Waals surface area contributed by atoms with E-state index in [0.29, 0.717) is 28.1 Å². The molecule has 4 aliphatic rings. The van der Waals surface area contributed by atoms with Gasteiger partial charge in [0.25, 0.3) is 0 Å². The maximum absolute atomic E-state index is 14.0. The third-order valence-corrected chi connectivity index (χ3v) is 12.7. The van der Waals surface area contributed by atoms with Gasteiger partial charge >= 0.3 is 4.87 Å². The summed E-state index contributed by atoms with van der Waals surface area (Å²) in [5.74, 6) is -0.469. The maximum atomic E-state index is 14.0. The minimum atomic E-state index is -0.398. The van der Waals surface area contributed by atoms with Crippen molar-refractivity contribution in [1.29, 1.82) is 0 Å². The molecule has 2 aliphatic heterocycles. The molecule has 0 radical (unpaired) electrons. The van der Waals surface area contributed by atoms with E-state index in [1.54, 1.807) is 36.0 Å². The monoisotopic (exact) mass is 648 g/mol. The Labute approximate surface area is 266 Å². The van der Waals surface area contributed by atoms with Crippen molar-refractivity contribution in [2.75, 3.05) is 4.90 Å². The number of nitrogens with zero attached hydrogens (tertiary/aromatic N) is 1. The van der Waals surface area contributed by atoms with Crippen molar-refractivity contribution < 1.29 is 14.3 Å². The number of carbonyl (C=O) groups is 2. The Morgan fingerprint density at radius 2 is 1.67 bits per heavy atom. The molecular weight excluding hydrogens is 623 g/mol. The SMILES string of the molecule is Cc1cccc(COc2ccc(Cl)cc2[C@@H]2c3sc(=O)[nH]c3S[C@@H]3[C@@H]4C[C@@H]([C@@H]5C(=O)N(c6ccc(Cl)cc6)C(=O)[C@@H]45)[C@@H]23)c1. The zero-order chi connectivity index (χ0) is 29.6. The van der Waals surface area contributed by atoms with E-state index in [9.17, 15) is 14.4 Å². The van der Waals surface area contributed by atoms with Gasteiger partial charge in [0, 0.05) is 31.7 Å². The Morgan fingerprint density at radius 3 is 2.44 bits per heavy atom. The van der Waals surface area contributed by atoms with Crippen LogP contribution in [0.3, 0.4) is 0 Å². The second kappa shape index (κ2) is 10.3. The van der Waals surface area contributed by atoms with Gasteiger partial charge in [-0.1, -0.05) is 64.4 Å². The number of anilines is 1. The van der Waals surface area contributed by atoms with Crippen LogP contribution < -0.4 is 14.5 Å². The van der Waals surface area contributed by atoms with Gasteiger partial charge in [-0.2, -0.15) is 0 Å². The zero-order valence-electron chi connectivity index (χ0n) is 23.0. The highest BCUT2D eigenvalue weighted by Crippen LogP contribution is 2.69. The van der Waals surface area contributed by atoms with Crippen molar-refractivity contribution >= 4 is 63.8 Å². The largest absolute Gasteiger partial charge is 0.489 e. The topological polar surface area (TPSA) is 79.5 Å². The number of amides is 2. The molecule has 3 heterocycles. The molecule has 2 bridgehead atoms. The lowest BCUT2D eigenvalue weighted by Gasteiger charge is -2.43. The van der Waals surface area contributed by atoms with Gasteiger partial charge in [-0.25, -0.2) is 0 Å². The Bertz CT molecular complexity index is 1850. The molecule has 218 valence electrons. The smallest absolute Gasteiger partial charge is 0.305 e. The fourth-order valence-electron chi connectivity index (χ4n) is 8.07. The molecule has 2 saturated carbocycles. The van der Waals surface area contributed by atoms with Gasteiger partial charge in [0.2, 0.25) is 11.8 Å². The molecule has 3 fully saturated rings. The lowest BCUT2D eigenvalue weighted by Crippen LogP contribution is -2.42. The third-order valence-electron chi connectivity index (χ3n) is 9.59. The fourth-order valence-corrected chi connectivity index (χ4v) is 11.3. The van der Waals surface area contributed by atoms with E-state index in [0.717, 1.165) is 33.0 Å². The number of hydrogen-bond acceptors (Lipinski definition) is 6. The van der Waals surface area contributed by atoms with Crippen molar-refractivity contribution in [3.63, 3.8) is 0 Å².